The van der Waals surface area contributed by atoms with E-state index in [1.165, 1.54) is 42.7 Å². The van der Waals surface area contributed by atoms with Gasteiger partial charge >= 0.3 is 71.6 Å². The molecular formula is C72H102N6O25. The number of carbonyl (C=O) groups is 12. The van der Waals surface area contributed by atoms with E-state index in [1.54, 1.807) is 7.11 Å². The van der Waals surface area contributed by atoms with Crippen molar-refractivity contribution in [2.24, 2.45) is 35.5 Å². The maximum atomic E-state index is 11.4. The van der Waals surface area contributed by atoms with Gasteiger partial charge in [0, 0.05) is 209 Å². The molecule has 0 aliphatic carbocycles. The summed E-state index contributed by atoms with van der Waals surface area (Å²) >= 11 is 0. The smallest absolute Gasteiger partial charge is 0.331 e. The fraction of sp³-hybridized carbons (Fsp3) is 0.500. The van der Waals surface area contributed by atoms with Crippen LogP contribution in [0.15, 0.2) is 147 Å². The van der Waals surface area contributed by atoms with Gasteiger partial charge in [0.25, 0.3) is 0 Å². The van der Waals surface area contributed by atoms with E-state index in [4.69, 9.17) is 33.2 Å². The molecule has 0 saturated carbocycles. The van der Waals surface area contributed by atoms with Gasteiger partial charge in [0.05, 0.1) is 88.9 Å². The average Bonchev–Trinajstić information content (AvgIpc) is 1.76. The molecule has 0 amide bonds. The lowest BCUT2D eigenvalue weighted by molar-refractivity contribution is -0.140. The first-order valence-corrected chi connectivity index (χ1v) is 32.5. The Morgan fingerprint density at radius 3 is 0.786 bits per heavy atom. The molecule has 0 aromatic carbocycles. The van der Waals surface area contributed by atoms with Gasteiger partial charge in [-0.2, -0.15) is 0 Å². The minimum atomic E-state index is -0.582. The van der Waals surface area contributed by atoms with Crippen LogP contribution in [0.5, 0.6) is 0 Å². The number of nitrogens with zero attached hydrogens (tertiary/aromatic N) is 3. The number of esters is 12. The third-order valence-corrected chi connectivity index (χ3v) is 15.1. The molecule has 0 spiro atoms. The highest BCUT2D eigenvalue weighted by Gasteiger charge is 2.28. The van der Waals surface area contributed by atoms with E-state index in [1.807, 2.05) is 11.9 Å². The lowest BCUT2D eigenvalue weighted by Crippen LogP contribution is -2.24. The molecule has 6 atom stereocenters. The van der Waals surface area contributed by atoms with Gasteiger partial charge in [-0.05, 0) is 45.4 Å². The first-order valence-electron chi connectivity index (χ1n) is 32.5. The number of nitrogens with one attached hydrogen (secondary N) is 3. The second-order valence-electron chi connectivity index (χ2n) is 23.4. The van der Waals surface area contributed by atoms with Crippen LogP contribution in [-0.4, -0.2) is 242 Å². The van der Waals surface area contributed by atoms with Crippen LogP contribution in [-0.2, 0) is 119 Å². The highest BCUT2D eigenvalue weighted by Crippen LogP contribution is 2.27. The number of rotatable bonds is 28. The number of likely N-dealkylation sites (tertiary alicyclic amines) is 3. The Morgan fingerprint density at radius 2 is 0.573 bits per heavy atom. The second-order valence-corrected chi connectivity index (χ2v) is 23.4. The monoisotopic (exact) mass is 1450 g/mol. The highest BCUT2D eigenvalue weighted by atomic mass is 16.6. The molecule has 5 unspecified atom stereocenters. The van der Waals surface area contributed by atoms with Crippen molar-refractivity contribution in [1.29, 1.82) is 0 Å². The van der Waals surface area contributed by atoms with Crippen molar-refractivity contribution in [2.45, 2.75) is 45.4 Å². The molecule has 0 bridgehead atoms. The zero-order chi connectivity index (χ0) is 77.2. The second kappa shape index (κ2) is 52.3. The molecule has 6 aliphatic rings. The van der Waals surface area contributed by atoms with Crippen molar-refractivity contribution in [2.75, 3.05) is 155 Å². The summed E-state index contributed by atoms with van der Waals surface area (Å²) in [6.45, 7) is 34.4. The molecule has 570 valence electrons. The van der Waals surface area contributed by atoms with Gasteiger partial charge < -0.3 is 92.2 Å². The molecule has 6 fully saturated rings. The molecule has 31 nitrogen and oxygen atoms in total. The van der Waals surface area contributed by atoms with E-state index in [9.17, 15) is 57.5 Å². The standard InChI is InChI=1S/C14H21NO5.C13H19NO4.C12H17NO4.3C11H15NO4/c1-11-8-12(9-15(11)6-7-18-2)10-20-14(17)5-4-13(16)19-3;1-4-14-8-11(7-10(14)2)9-18-13(16)6-5-12(15)17-3;1-9-6-10(7-13(9)2)8-17-12(15)5-4-11(14)16-3;3*1-8-5-9(6-12-8)7-16-11(14)4-3-10(13)15-2/h4-5,12H,1,6-10H2,2-3H3;5-6,11H,2,4,7-9H2,1,3H3;4-5,10H,1,6-8H2,2-3H3;3*3-4,9,12H,1,5-7H2,2H3/b5-4+;6-5+;5-4+;3*4-3+/t;;;9-;;/m...0../s1. The van der Waals surface area contributed by atoms with Gasteiger partial charge in [0.2, 0.25) is 0 Å². The van der Waals surface area contributed by atoms with E-state index < -0.39 is 71.6 Å². The first kappa shape index (κ1) is 90.3. The summed E-state index contributed by atoms with van der Waals surface area (Å²) in [6.07, 6.45) is 17.6. The van der Waals surface area contributed by atoms with Crippen LogP contribution < -0.4 is 16.0 Å². The number of hydrogen-bond acceptors (Lipinski definition) is 31. The SMILES string of the molecule is C=C1CC(COC(=O)/C=C/C(=O)OC)CN1.C=C1CC(COC(=O)/C=C/C(=O)OC)CN1.C=C1CC(COC(=O)/C=C/C(=O)OC)CN1C.C=C1CC(COC(=O)/C=C/C(=O)OC)CN1CC.C=C1CC(COC(=O)/C=C/C(=O)OC)CN1CCOC.C=C1C[C@H](COC(=O)/C=C/C(=O)OC)CN1. The Hall–Kier alpha value is -10.7. The predicted molar refractivity (Wildman–Crippen MR) is 374 cm³/mol. The summed E-state index contributed by atoms with van der Waals surface area (Å²) < 4.78 is 61.2. The largest absolute Gasteiger partial charge is 0.466 e. The van der Waals surface area contributed by atoms with Crippen LogP contribution in [0, 0.1) is 35.5 Å². The quantitative estimate of drug-likeness (QED) is 0.0571. The fourth-order valence-electron chi connectivity index (χ4n) is 9.56. The van der Waals surface area contributed by atoms with Crippen molar-refractivity contribution in [3.8, 4) is 0 Å². The molecule has 0 radical (unpaired) electrons. The molecule has 0 aromatic rings. The van der Waals surface area contributed by atoms with Gasteiger partial charge in [0.1, 0.15) is 0 Å². The fourth-order valence-corrected chi connectivity index (χ4v) is 9.56. The van der Waals surface area contributed by atoms with Gasteiger partial charge in [0.15, 0.2) is 0 Å². The normalized spacial score (nSPS) is 19.4. The molecule has 6 aliphatic heterocycles. The zero-order valence-electron chi connectivity index (χ0n) is 60.5. The van der Waals surface area contributed by atoms with Crippen LogP contribution in [0.3, 0.4) is 0 Å². The average molecular weight is 1450 g/mol. The number of ether oxygens (including phenoxy) is 13. The lowest BCUT2D eigenvalue weighted by atomic mass is 10.1. The van der Waals surface area contributed by atoms with Crippen LogP contribution in [0.1, 0.15) is 45.4 Å². The predicted octanol–water partition coefficient (Wildman–Crippen LogP) is 3.73. The van der Waals surface area contributed by atoms with E-state index in [0.29, 0.717) is 46.2 Å². The minimum absolute atomic E-state index is 0.231. The summed E-state index contributed by atoms with van der Waals surface area (Å²) in [7, 11) is 11.1. The van der Waals surface area contributed by atoms with E-state index in [-0.39, 0.29) is 35.5 Å². The number of methoxy groups -OCH3 is 7. The number of allylic oxidation sites excluding steroid dienone is 6. The summed E-state index contributed by atoms with van der Waals surface area (Å²) in [4.78, 5) is 138. The Balaban J connectivity index is 0.000000619. The van der Waals surface area contributed by atoms with Gasteiger partial charge in [-0.1, -0.05) is 39.5 Å². The maximum absolute atomic E-state index is 11.4. The summed E-state index contributed by atoms with van der Waals surface area (Å²) in [5.41, 5.74) is 6.07. The third-order valence-electron chi connectivity index (χ3n) is 15.1. The highest BCUT2D eigenvalue weighted by molar-refractivity contribution is 5.94. The van der Waals surface area contributed by atoms with Crippen molar-refractivity contribution >= 4 is 71.6 Å². The molecule has 0 aromatic heterocycles. The topological polar surface area (TPSA) is 371 Å². The number of hydrogen-bond donors (Lipinski definition) is 3. The molecule has 6 rings (SSSR count). The Morgan fingerprint density at radius 1 is 0.340 bits per heavy atom. The molecule has 6 saturated heterocycles. The van der Waals surface area contributed by atoms with Gasteiger partial charge in [-0.15, -0.1) is 0 Å². The summed E-state index contributed by atoms with van der Waals surface area (Å²) in [5.74, 6) is -5.08. The summed E-state index contributed by atoms with van der Waals surface area (Å²) in [6, 6.07) is 0. The van der Waals surface area contributed by atoms with Crippen LogP contribution in [0.2, 0.25) is 0 Å². The van der Waals surface area contributed by atoms with E-state index >= 15 is 0 Å². The van der Waals surface area contributed by atoms with Gasteiger partial charge in [-0.25, -0.2) is 57.5 Å². The van der Waals surface area contributed by atoms with Crippen LogP contribution >= 0.6 is 0 Å². The molecule has 31 heteroatoms. The molecule has 6 heterocycles. The Labute approximate surface area is 602 Å². The maximum Gasteiger partial charge on any atom is 0.331 e. The van der Waals surface area contributed by atoms with E-state index in [0.717, 1.165) is 198 Å². The van der Waals surface area contributed by atoms with Crippen molar-refractivity contribution < 1.29 is 119 Å². The first-order chi connectivity index (χ1) is 49.0. The molecular weight excluding hydrogens is 1350 g/mol. The zero-order valence-corrected chi connectivity index (χ0v) is 60.5. The van der Waals surface area contributed by atoms with Gasteiger partial charge in [-0.3, -0.25) is 0 Å². The van der Waals surface area contributed by atoms with Crippen LogP contribution in [0.4, 0.5) is 0 Å². The van der Waals surface area contributed by atoms with E-state index in [2.05, 4.69) is 101 Å². The Kier molecular flexibility index (Phi) is 45.8. The molecule has 3 N–H and O–H groups in total. The molecule has 103 heavy (non-hydrogen) atoms. The van der Waals surface area contributed by atoms with Crippen LogP contribution in [0.25, 0.3) is 0 Å². The number of carbonyl (C=O) groups excluding carboxylic acids is 12. The van der Waals surface area contributed by atoms with Crippen molar-refractivity contribution in [3.05, 3.63) is 147 Å². The minimum Gasteiger partial charge on any atom is -0.466 e. The Bertz CT molecular complexity index is 2960. The van der Waals surface area contributed by atoms with Crippen molar-refractivity contribution in [3.63, 3.8) is 0 Å². The van der Waals surface area contributed by atoms with Crippen molar-refractivity contribution in [1.82, 2.24) is 30.7 Å². The third kappa shape index (κ3) is 42.9. The summed E-state index contributed by atoms with van der Waals surface area (Å²) in [5, 5.41) is 9.22. The lowest BCUT2D eigenvalue weighted by Gasteiger charge is -2.18.